The highest BCUT2D eigenvalue weighted by atomic mass is 31.3. The molecule has 0 aromatic rings. The first-order valence-electron chi connectivity index (χ1n) is 7.83. The first kappa shape index (κ1) is 26.2. The van der Waals surface area contributed by atoms with Crippen LogP contribution in [-0.2, 0) is 31.6 Å². The predicted molar refractivity (Wildman–Crippen MR) is 96.9 cm³/mol. The number of aliphatic imine (C=N–C) groups is 1. The molecule has 0 aliphatic carbocycles. The number of aliphatic hydroxyl groups excluding tert-OH is 1. The molecule has 0 aromatic carbocycles. The Morgan fingerprint density at radius 1 is 1.29 bits per heavy atom. The van der Waals surface area contributed by atoms with Crippen LogP contribution in [0.1, 0.15) is 6.92 Å². The number of nitrogens with two attached hydrogens (primary N) is 1. The summed E-state index contributed by atoms with van der Waals surface area (Å²) in [4.78, 5) is 40.2. The number of phosphoric ester groups is 1. The second-order valence-corrected chi connectivity index (χ2v) is 10.8. The maximum Gasteiger partial charge on any atom is 0.490 e. The van der Waals surface area contributed by atoms with E-state index in [1.807, 2.05) is 0 Å². The van der Waals surface area contributed by atoms with E-state index in [0.717, 1.165) is 11.8 Å². The fourth-order valence-electron chi connectivity index (χ4n) is 2.57. The Morgan fingerprint density at radius 3 is 2.39 bits per heavy atom. The minimum atomic E-state index is -5.84. The number of amidine groups is 1. The highest BCUT2D eigenvalue weighted by Crippen LogP contribution is 2.66. The van der Waals surface area contributed by atoms with Gasteiger partial charge in [0.05, 0.1) is 0 Å². The minimum Gasteiger partial charge on any atom is -0.384 e. The molecule has 1 saturated heterocycles. The van der Waals surface area contributed by atoms with E-state index in [2.05, 4.69) is 24.7 Å². The number of rotatable bonds is 8. The van der Waals surface area contributed by atoms with Crippen molar-refractivity contribution in [2.75, 3.05) is 6.61 Å². The van der Waals surface area contributed by atoms with E-state index >= 15 is 4.39 Å². The van der Waals surface area contributed by atoms with Gasteiger partial charge in [-0.2, -0.15) is 8.62 Å². The maximum atomic E-state index is 15.2. The number of phosphoric acid groups is 3. The van der Waals surface area contributed by atoms with Crippen LogP contribution in [0.2, 0.25) is 0 Å². The number of aliphatic hydroxyl groups is 2. The lowest BCUT2D eigenvalue weighted by Gasteiger charge is -2.35. The molecule has 16 nitrogen and oxygen atoms in total. The highest BCUT2D eigenvalue weighted by Gasteiger charge is 2.64. The zero-order chi connectivity index (χ0) is 24.0. The lowest BCUT2D eigenvalue weighted by atomic mass is 9.95. The van der Waals surface area contributed by atoms with Crippen molar-refractivity contribution in [3.05, 3.63) is 24.7 Å². The fourth-order valence-corrected chi connectivity index (χ4v) is 5.60. The summed E-state index contributed by atoms with van der Waals surface area (Å²) >= 11 is 0. The van der Waals surface area contributed by atoms with Crippen LogP contribution in [-0.4, -0.2) is 70.9 Å². The maximum absolute atomic E-state index is 15.2. The Bertz CT molecular complexity index is 950. The molecular formula is C11H19FN3O13P3. The van der Waals surface area contributed by atoms with Gasteiger partial charge in [-0.1, -0.05) is 6.58 Å². The molecular weight excluding hydrogens is 494 g/mol. The number of hydrogen-bond acceptors (Lipinski definition) is 12. The summed E-state index contributed by atoms with van der Waals surface area (Å²) in [6.45, 7) is 2.83. The third kappa shape index (κ3) is 6.27. The normalized spacial score (nSPS) is 35.5. The summed E-state index contributed by atoms with van der Waals surface area (Å²) in [5.41, 5.74) is 3.09. The van der Waals surface area contributed by atoms with Crippen LogP contribution in [0.15, 0.2) is 29.7 Å². The van der Waals surface area contributed by atoms with Gasteiger partial charge in [-0.15, -0.1) is 0 Å². The molecule has 2 unspecified atom stereocenters. The van der Waals surface area contributed by atoms with Crippen LogP contribution >= 0.6 is 23.5 Å². The quantitative estimate of drug-likeness (QED) is 0.195. The molecule has 31 heavy (non-hydrogen) atoms. The van der Waals surface area contributed by atoms with Crippen LogP contribution in [0.25, 0.3) is 0 Å². The summed E-state index contributed by atoms with van der Waals surface area (Å²) in [6.07, 6.45) is -1.67. The summed E-state index contributed by atoms with van der Waals surface area (Å²) in [5, 5.41) is 20.7. The number of ether oxygens (including phenoxy) is 1. The summed E-state index contributed by atoms with van der Waals surface area (Å²) in [7, 11) is -17.2. The molecule has 8 N–H and O–H groups in total. The number of alkyl halides is 1. The average Bonchev–Trinajstić information content (AvgIpc) is 2.71. The van der Waals surface area contributed by atoms with Crippen LogP contribution in [0, 0.1) is 0 Å². The topological polar surface area (TPSA) is 251 Å². The van der Waals surface area contributed by atoms with Crippen molar-refractivity contribution in [2.45, 2.75) is 30.7 Å². The summed E-state index contributed by atoms with van der Waals surface area (Å²) < 4.78 is 64.9. The Morgan fingerprint density at radius 2 is 1.87 bits per heavy atom. The minimum absolute atomic E-state index is 0.0265. The molecule has 0 radical (unpaired) electrons. The fraction of sp³-hybridized carbons (Fsp3) is 0.545. The SMILES string of the molecule is C=C1N=C(N)C=CN1[C@@H]1O[C@](F)(COP(=O)(O)OP(=O)(O)OP(=O)(O)O)[C@@H](O)[C@@]1(C)O. The van der Waals surface area contributed by atoms with E-state index in [0.29, 0.717) is 0 Å². The Hall–Kier alpha value is -1.03. The molecule has 0 amide bonds. The van der Waals surface area contributed by atoms with Gasteiger partial charge in [-0.3, -0.25) is 4.52 Å². The molecule has 0 aromatic heterocycles. The highest BCUT2D eigenvalue weighted by molar-refractivity contribution is 7.66. The van der Waals surface area contributed by atoms with Gasteiger partial charge in [0.2, 0.25) is 0 Å². The third-order valence-corrected chi connectivity index (χ3v) is 7.61. The Labute approximate surface area is 173 Å². The van der Waals surface area contributed by atoms with Gasteiger partial charge in [-0.25, -0.2) is 23.1 Å². The molecule has 2 aliphatic rings. The van der Waals surface area contributed by atoms with E-state index in [4.69, 9.17) is 25.2 Å². The van der Waals surface area contributed by atoms with Gasteiger partial charge in [-0.05, 0) is 13.0 Å². The average molecular weight is 513 g/mol. The first-order chi connectivity index (χ1) is 13.8. The van der Waals surface area contributed by atoms with Crippen molar-refractivity contribution >= 4 is 29.3 Å². The van der Waals surface area contributed by atoms with Gasteiger partial charge in [0.25, 0.3) is 5.85 Å². The third-order valence-electron chi connectivity index (χ3n) is 3.82. The van der Waals surface area contributed by atoms with Crippen LogP contribution in [0.3, 0.4) is 0 Å². The molecule has 0 spiro atoms. The summed E-state index contributed by atoms with van der Waals surface area (Å²) in [6, 6.07) is 0. The largest absolute Gasteiger partial charge is 0.490 e. The smallest absolute Gasteiger partial charge is 0.384 e. The molecule has 6 atom stereocenters. The van der Waals surface area contributed by atoms with Crippen molar-refractivity contribution in [2.24, 2.45) is 10.7 Å². The summed E-state index contributed by atoms with van der Waals surface area (Å²) in [5.74, 6) is -3.48. The zero-order valence-electron chi connectivity index (χ0n) is 15.5. The van der Waals surface area contributed by atoms with Crippen molar-refractivity contribution in [3.63, 3.8) is 0 Å². The van der Waals surface area contributed by atoms with Gasteiger partial charge >= 0.3 is 23.5 Å². The number of nitrogens with zero attached hydrogens (tertiary/aromatic N) is 2. The van der Waals surface area contributed by atoms with E-state index in [-0.39, 0.29) is 11.7 Å². The zero-order valence-corrected chi connectivity index (χ0v) is 18.1. The van der Waals surface area contributed by atoms with Crippen molar-refractivity contribution in [1.82, 2.24) is 4.90 Å². The second-order valence-electron chi connectivity index (χ2n) is 6.43. The molecule has 0 bridgehead atoms. The van der Waals surface area contributed by atoms with Gasteiger partial charge in [0, 0.05) is 6.20 Å². The van der Waals surface area contributed by atoms with E-state index < -0.39 is 53.9 Å². The van der Waals surface area contributed by atoms with Crippen LogP contribution in [0.5, 0.6) is 0 Å². The lowest BCUT2D eigenvalue weighted by molar-refractivity contribution is -0.207. The predicted octanol–water partition coefficient (Wildman–Crippen LogP) is -0.879. The van der Waals surface area contributed by atoms with Crippen LogP contribution < -0.4 is 5.73 Å². The Balaban J connectivity index is 2.15. The molecule has 0 saturated carbocycles. The number of halogens is 1. The molecule has 2 heterocycles. The van der Waals surface area contributed by atoms with Crippen molar-refractivity contribution < 1.29 is 65.8 Å². The van der Waals surface area contributed by atoms with Gasteiger partial charge in [0.1, 0.15) is 30.0 Å². The molecule has 1 fully saturated rings. The first-order valence-corrected chi connectivity index (χ1v) is 12.4. The molecule has 20 heteroatoms. The molecule has 178 valence electrons. The van der Waals surface area contributed by atoms with Crippen LogP contribution in [0.4, 0.5) is 4.39 Å². The standard InChI is InChI=1S/C11H19FN3O13P3/c1-6-14-7(13)3-4-15(6)9-10(2,17)8(16)11(12,26-9)5-25-30(21,22)28-31(23,24)27-29(18,19)20/h3-4,8-9,16-17H,1,5H2,2H3,(H2,13,14)(H,21,22)(H,23,24)(H2,18,19,20)/t8-,9+,10+,11+/m0/s1. The Kier molecular flexibility index (Phi) is 7.10. The molecule has 2 rings (SSSR count). The monoisotopic (exact) mass is 513 g/mol. The van der Waals surface area contributed by atoms with Gasteiger partial charge in [0.15, 0.2) is 6.23 Å². The van der Waals surface area contributed by atoms with E-state index in [9.17, 15) is 28.8 Å². The van der Waals surface area contributed by atoms with E-state index in [1.165, 1.54) is 12.3 Å². The van der Waals surface area contributed by atoms with E-state index in [1.54, 1.807) is 0 Å². The van der Waals surface area contributed by atoms with Gasteiger partial charge < -0.3 is 45.2 Å². The van der Waals surface area contributed by atoms with Crippen molar-refractivity contribution in [1.29, 1.82) is 0 Å². The number of hydrogen-bond donors (Lipinski definition) is 7. The lowest BCUT2D eigenvalue weighted by Crippen LogP contribution is -2.53. The second kappa shape index (κ2) is 8.39. The molecule has 2 aliphatic heterocycles. The van der Waals surface area contributed by atoms with Crippen molar-refractivity contribution in [3.8, 4) is 0 Å².